The maximum Gasteiger partial charge on any atom is 0.417 e. The van der Waals surface area contributed by atoms with E-state index in [0.29, 0.717) is 6.54 Å². The number of hydrogen-bond donors (Lipinski definition) is 3. The number of aromatic nitrogens is 1. The van der Waals surface area contributed by atoms with Gasteiger partial charge in [0.2, 0.25) is 0 Å². The number of amides is 1. The standard InChI is InChI=1S/C18H22F3N5O2/c1-23-17(22)25-16(27)15-10-12-13(18(19,20)21)8-11(9-14(12)24-15)28-7-6-26-4-2-3-5-26/h8-10,24H,2-7H2,1H3,(H3,22,23,25,27). The smallest absolute Gasteiger partial charge is 0.417 e. The van der Waals surface area contributed by atoms with Crippen molar-refractivity contribution in [1.29, 1.82) is 0 Å². The van der Waals surface area contributed by atoms with Crippen LogP contribution in [0.25, 0.3) is 10.9 Å². The molecule has 1 fully saturated rings. The number of halogens is 3. The van der Waals surface area contributed by atoms with Crippen molar-refractivity contribution >= 4 is 22.8 Å². The fourth-order valence-corrected chi connectivity index (χ4v) is 3.17. The van der Waals surface area contributed by atoms with Gasteiger partial charge < -0.3 is 20.8 Å². The summed E-state index contributed by atoms with van der Waals surface area (Å²) in [7, 11) is 1.48. The molecule has 7 nitrogen and oxygen atoms in total. The monoisotopic (exact) mass is 397 g/mol. The Labute approximate surface area is 159 Å². The first-order valence-electron chi connectivity index (χ1n) is 8.93. The number of carbonyl (C=O) groups is 1. The van der Waals surface area contributed by atoms with Gasteiger partial charge in [0.15, 0.2) is 5.96 Å². The Balaban J connectivity index is 1.88. The Morgan fingerprint density at radius 3 is 2.68 bits per heavy atom. The quantitative estimate of drug-likeness (QED) is 0.532. The van der Waals surface area contributed by atoms with E-state index in [9.17, 15) is 18.0 Å². The number of fused-ring (bicyclic) bond motifs is 1. The molecule has 0 aliphatic carbocycles. The number of aliphatic imine (C=N–C) groups is 1. The highest BCUT2D eigenvalue weighted by molar-refractivity contribution is 6.04. The van der Waals surface area contributed by atoms with E-state index in [1.165, 1.54) is 13.1 Å². The molecule has 1 aliphatic heterocycles. The van der Waals surface area contributed by atoms with Crippen molar-refractivity contribution in [2.75, 3.05) is 33.3 Å². The Morgan fingerprint density at radius 2 is 2.04 bits per heavy atom. The minimum Gasteiger partial charge on any atom is -0.492 e. The number of hydrogen-bond acceptors (Lipinski definition) is 3. The van der Waals surface area contributed by atoms with Gasteiger partial charge in [-0.25, -0.2) is 0 Å². The van der Waals surface area contributed by atoms with Crippen molar-refractivity contribution in [3.63, 3.8) is 0 Å². The molecule has 0 atom stereocenters. The van der Waals surface area contributed by atoms with E-state index in [0.717, 1.165) is 38.1 Å². The van der Waals surface area contributed by atoms with E-state index in [-0.39, 0.29) is 34.9 Å². The van der Waals surface area contributed by atoms with Gasteiger partial charge in [0.1, 0.15) is 18.1 Å². The number of nitrogens with one attached hydrogen (secondary N) is 2. The molecule has 152 valence electrons. The predicted octanol–water partition coefficient (Wildman–Crippen LogP) is 2.34. The number of alkyl halides is 3. The van der Waals surface area contributed by atoms with Crippen LogP contribution in [0.5, 0.6) is 5.75 Å². The van der Waals surface area contributed by atoms with Crippen LogP contribution in [0, 0.1) is 0 Å². The molecule has 1 aromatic heterocycles. The molecule has 10 heteroatoms. The maximum absolute atomic E-state index is 13.5. The average Bonchev–Trinajstić information content (AvgIpc) is 3.29. The van der Waals surface area contributed by atoms with Gasteiger partial charge in [0, 0.05) is 25.0 Å². The molecule has 1 amide bonds. The van der Waals surface area contributed by atoms with E-state index in [2.05, 4.69) is 20.2 Å². The first-order valence-corrected chi connectivity index (χ1v) is 8.93. The second kappa shape index (κ2) is 8.09. The zero-order valence-electron chi connectivity index (χ0n) is 15.4. The molecule has 0 spiro atoms. The summed E-state index contributed by atoms with van der Waals surface area (Å²) in [4.78, 5) is 20.5. The molecule has 0 saturated carbocycles. The van der Waals surface area contributed by atoms with E-state index in [4.69, 9.17) is 10.5 Å². The number of ether oxygens (including phenoxy) is 1. The largest absolute Gasteiger partial charge is 0.492 e. The summed E-state index contributed by atoms with van der Waals surface area (Å²) in [5.74, 6) is -0.809. The first-order chi connectivity index (χ1) is 13.3. The summed E-state index contributed by atoms with van der Waals surface area (Å²) in [6, 6.07) is 3.54. The Hall–Kier alpha value is -2.75. The predicted molar refractivity (Wildman–Crippen MR) is 99.5 cm³/mol. The molecule has 3 rings (SSSR count). The van der Waals surface area contributed by atoms with Crippen molar-refractivity contribution in [3.05, 3.63) is 29.5 Å². The molecule has 1 saturated heterocycles. The number of guanidine groups is 1. The normalized spacial score (nSPS) is 15.9. The Kier molecular flexibility index (Phi) is 5.78. The fourth-order valence-electron chi connectivity index (χ4n) is 3.17. The first kappa shape index (κ1) is 20.0. The molecule has 4 N–H and O–H groups in total. The summed E-state index contributed by atoms with van der Waals surface area (Å²) in [5.41, 5.74) is 4.62. The molecule has 2 heterocycles. The summed E-state index contributed by atoms with van der Waals surface area (Å²) in [5, 5.41) is 2.36. The lowest BCUT2D eigenvalue weighted by atomic mass is 10.1. The van der Waals surface area contributed by atoms with E-state index < -0.39 is 17.6 Å². The van der Waals surface area contributed by atoms with Crippen LogP contribution in [-0.4, -0.2) is 55.0 Å². The minimum absolute atomic E-state index is 0.0899. The molecule has 28 heavy (non-hydrogen) atoms. The highest BCUT2D eigenvalue weighted by Crippen LogP contribution is 2.38. The van der Waals surface area contributed by atoms with Gasteiger partial charge in [-0.15, -0.1) is 0 Å². The Morgan fingerprint density at radius 1 is 1.32 bits per heavy atom. The summed E-state index contributed by atoms with van der Waals surface area (Å²) in [6.07, 6.45) is -2.34. The van der Waals surface area contributed by atoms with Gasteiger partial charge in [-0.1, -0.05) is 0 Å². The van der Waals surface area contributed by atoms with Gasteiger partial charge in [-0.2, -0.15) is 18.2 Å². The number of nitrogens with zero attached hydrogens (tertiary/aromatic N) is 2. The average molecular weight is 397 g/mol. The molecule has 0 radical (unpaired) electrons. The number of likely N-dealkylation sites (tertiary alicyclic amines) is 1. The van der Waals surface area contributed by atoms with Gasteiger partial charge in [0.05, 0.1) is 11.1 Å². The van der Waals surface area contributed by atoms with Crippen molar-refractivity contribution < 1.29 is 22.7 Å². The lowest BCUT2D eigenvalue weighted by Crippen LogP contribution is -2.28. The SMILES string of the molecule is CNC(N)=NC(=O)c1cc2c(C(F)(F)F)cc(OCCN3CCCC3)cc2[nH]1. The summed E-state index contributed by atoms with van der Waals surface area (Å²) < 4.78 is 46.1. The van der Waals surface area contributed by atoms with Crippen molar-refractivity contribution in [2.24, 2.45) is 10.7 Å². The number of H-pyrrole nitrogens is 1. The summed E-state index contributed by atoms with van der Waals surface area (Å²) in [6.45, 7) is 2.91. The highest BCUT2D eigenvalue weighted by Gasteiger charge is 2.34. The molecule has 1 aromatic carbocycles. The van der Waals surface area contributed by atoms with Gasteiger partial charge in [0.25, 0.3) is 5.91 Å². The van der Waals surface area contributed by atoms with E-state index in [1.807, 2.05) is 0 Å². The van der Waals surface area contributed by atoms with Crippen LogP contribution in [0.4, 0.5) is 13.2 Å². The highest BCUT2D eigenvalue weighted by atomic mass is 19.4. The van der Waals surface area contributed by atoms with Gasteiger partial charge in [-0.05, 0) is 38.1 Å². The topological polar surface area (TPSA) is 95.7 Å². The number of nitrogens with two attached hydrogens (primary N) is 1. The maximum atomic E-state index is 13.5. The third-order valence-corrected chi connectivity index (χ3v) is 4.60. The Bertz CT molecular complexity index is 885. The van der Waals surface area contributed by atoms with Gasteiger partial charge >= 0.3 is 6.18 Å². The third-order valence-electron chi connectivity index (χ3n) is 4.60. The molecular weight excluding hydrogens is 375 g/mol. The van der Waals surface area contributed by atoms with E-state index in [1.54, 1.807) is 0 Å². The minimum atomic E-state index is -4.59. The van der Waals surface area contributed by atoms with Crippen molar-refractivity contribution in [3.8, 4) is 5.75 Å². The lowest BCUT2D eigenvalue weighted by Gasteiger charge is -2.16. The summed E-state index contributed by atoms with van der Waals surface area (Å²) >= 11 is 0. The third kappa shape index (κ3) is 4.56. The van der Waals surface area contributed by atoms with Gasteiger partial charge in [-0.3, -0.25) is 9.69 Å². The second-order valence-corrected chi connectivity index (χ2v) is 6.56. The zero-order valence-corrected chi connectivity index (χ0v) is 15.4. The van der Waals surface area contributed by atoms with Crippen LogP contribution in [0.1, 0.15) is 28.9 Å². The molecule has 1 aliphatic rings. The van der Waals surface area contributed by atoms with Crippen LogP contribution < -0.4 is 15.8 Å². The van der Waals surface area contributed by atoms with Crippen LogP contribution in [0.3, 0.4) is 0 Å². The van der Waals surface area contributed by atoms with Crippen molar-refractivity contribution in [1.82, 2.24) is 15.2 Å². The van der Waals surface area contributed by atoms with Crippen molar-refractivity contribution in [2.45, 2.75) is 19.0 Å². The fraction of sp³-hybridized carbons (Fsp3) is 0.444. The zero-order chi connectivity index (χ0) is 20.3. The van der Waals surface area contributed by atoms with Crippen LogP contribution in [0.2, 0.25) is 0 Å². The molecule has 0 unspecified atom stereocenters. The second-order valence-electron chi connectivity index (χ2n) is 6.56. The number of carbonyl (C=O) groups excluding carboxylic acids is 1. The van der Waals surface area contributed by atoms with E-state index >= 15 is 0 Å². The lowest BCUT2D eigenvalue weighted by molar-refractivity contribution is -0.136. The number of rotatable bonds is 5. The molecule has 2 aromatic rings. The molecule has 0 bridgehead atoms. The van der Waals surface area contributed by atoms with Crippen LogP contribution >= 0.6 is 0 Å². The number of benzene rings is 1. The van der Waals surface area contributed by atoms with Crippen LogP contribution in [-0.2, 0) is 6.18 Å². The molecular formula is C18H22F3N5O2. The van der Waals surface area contributed by atoms with Crippen LogP contribution in [0.15, 0.2) is 23.2 Å². The number of aromatic amines is 1.